The second-order valence-corrected chi connectivity index (χ2v) is 5.49. The van der Waals surface area contributed by atoms with Crippen LogP contribution in [-0.2, 0) is 0 Å². The summed E-state index contributed by atoms with van der Waals surface area (Å²) < 4.78 is 0. The van der Waals surface area contributed by atoms with E-state index in [1.54, 1.807) is 0 Å². The number of benzene rings is 1. The molecule has 20 heavy (non-hydrogen) atoms. The van der Waals surface area contributed by atoms with Gasteiger partial charge in [0.2, 0.25) is 0 Å². The van der Waals surface area contributed by atoms with Crippen molar-refractivity contribution in [3.05, 3.63) is 35.4 Å². The van der Waals surface area contributed by atoms with E-state index in [2.05, 4.69) is 25.7 Å². The molecule has 0 spiro atoms. The molecule has 1 saturated heterocycles. The summed E-state index contributed by atoms with van der Waals surface area (Å²) in [5.74, 6) is 6.07. The number of aliphatic hydroxyl groups excluding tert-OH is 1. The molecule has 1 aliphatic heterocycles. The van der Waals surface area contributed by atoms with Crippen LogP contribution >= 0.6 is 0 Å². The number of piperidine rings is 1. The summed E-state index contributed by atoms with van der Waals surface area (Å²) in [6.07, 6.45) is 2.23. The maximum absolute atomic E-state index is 12.7. The molecule has 2 unspecified atom stereocenters. The Bertz CT molecular complexity index is 541. The minimum Gasteiger partial charge on any atom is -0.384 e. The molecule has 2 atom stereocenters. The van der Waals surface area contributed by atoms with Crippen molar-refractivity contribution < 1.29 is 9.90 Å². The molecule has 106 valence electrons. The van der Waals surface area contributed by atoms with Crippen LogP contribution in [0.4, 0.5) is 0 Å². The number of amides is 1. The van der Waals surface area contributed by atoms with Crippen LogP contribution in [0.2, 0.25) is 0 Å². The normalized spacial score (nSPS) is 22.1. The van der Waals surface area contributed by atoms with E-state index in [1.165, 1.54) is 6.42 Å². The summed E-state index contributed by atoms with van der Waals surface area (Å²) in [5, 5.41) is 8.81. The number of nitrogens with zero attached hydrogens (tertiary/aromatic N) is 1. The number of hydrogen-bond acceptors (Lipinski definition) is 2. The smallest absolute Gasteiger partial charge is 0.255 e. The number of carbonyl (C=O) groups excluding carboxylic acids is 1. The molecule has 1 aromatic rings. The average molecular weight is 271 g/mol. The van der Waals surface area contributed by atoms with Gasteiger partial charge in [-0.25, -0.2) is 0 Å². The molecule has 1 heterocycles. The molecular formula is C17H21NO2. The third kappa shape index (κ3) is 3.20. The summed E-state index contributed by atoms with van der Waals surface area (Å²) in [5.41, 5.74) is 1.33. The number of carbonyl (C=O) groups is 1. The second-order valence-electron chi connectivity index (χ2n) is 5.49. The van der Waals surface area contributed by atoms with Gasteiger partial charge in [-0.2, -0.15) is 0 Å². The average Bonchev–Trinajstić information content (AvgIpc) is 2.47. The van der Waals surface area contributed by atoms with Crippen LogP contribution in [0.15, 0.2) is 24.3 Å². The molecule has 1 aromatic carbocycles. The molecular weight excluding hydrogens is 250 g/mol. The molecule has 1 N–H and O–H groups in total. The van der Waals surface area contributed by atoms with E-state index in [0.717, 1.165) is 13.0 Å². The Labute approximate surface area is 120 Å². The van der Waals surface area contributed by atoms with Crippen LogP contribution in [0, 0.1) is 17.8 Å². The van der Waals surface area contributed by atoms with Gasteiger partial charge in [0, 0.05) is 18.2 Å². The van der Waals surface area contributed by atoms with Crippen molar-refractivity contribution in [1.29, 1.82) is 0 Å². The summed E-state index contributed by atoms with van der Waals surface area (Å²) in [7, 11) is 0. The van der Waals surface area contributed by atoms with Gasteiger partial charge in [-0.1, -0.05) is 30.9 Å². The minimum absolute atomic E-state index is 0.0480. The second kappa shape index (κ2) is 6.58. The van der Waals surface area contributed by atoms with Gasteiger partial charge in [0.1, 0.15) is 6.61 Å². The zero-order valence-corrected chi connectivity index (χ0v) is 12.1. The minimum atomic E-state index is -0.195. The summed E-state index contributed by atoms with van der Waals surface area (Å²) in [6.45, 7) is 4.90. The predicted octanol–water partition coefficient (Wildman–Crippen LogP) is 2.29. The highest BCUT2D eigenvalue weighted by Crippen LogP contribution is 2.24. The van der Waals surface area contributed by atoms with Gasteiger partial charge in [0.25, 0.3) is 5.91 Å². The lowest BCUT2D eigenvalue weighted by atomic mass is 9.94. The third-order valence-electron chi connectivity index (χ3n) is 3.84. The van der Waals surface area contributed by atoms with Gasteiger partial charge in [0.15, 0.2) is 0 Å². The standard InChI is InChI=1S/C17H21NO2/c1-13-9-10-14(2)18(12-13)17(20)16-8-4-3-6-15(16)7-5-11-19/h3-4,6,8,13-14,19H,9-12H2,1-2H3. The van der Waals surface area contributed by atoms with Crippen molar-refractivity contribution in [1.82, 2.24) is 4.90 Å². The molecule has 3 nitrogen and oxygen atoms in total. The Morgan fingerprint density at radius 3 is 2.85 bits per heavy atom. The fourth-order valence-electron chi connectivity index (χ4n) is 2.64. The lowest BCUT2D eigenvalue weighted by Gasteiger charge is -2.37. The van der Waals surface area contributed by atoms with E-state index >= 15 is 0 Å². The van der Waals surface area contributed by atoms with E-state index in [1.807, 2.05) is 29.2 Å². The van der Waals surface area contributed by atoms with Crippen LogP contribution in [0.1, 0.15) is 42.6 Å². The summed E-state index contributed by atoms with van der Waals surface area (Å²) >= 11 is 0. The van der Waals surface area contributed by atoms with Gasteiger partial charge >= 0.3 is 0 Å². The Balaban J connectivity index is 2.28. The quantitative estimate of drug-likeness (QED) is 0.796. The van der Waals surface area contributed by atoms with Crippen molar-refractivity contribution in [2.45, 2.75) is 32.7 Å². The van der Waals surface area contributed by atoms with Crippen molar-refractivity contribution in [3.63, 3.8) is 0 Å². The number of hydrogen-bond donors (Lipinski definition) is 1. The molecule has 0 aliphatic carbocycles. The maximum atomic E-state index is 12.7. The maximum Gasteiger partial charge on any atom is 0.255 e. The van der Waals surface area contributed by atoms with E-state index in [-0.39, 0.29) is 18.6 Å². The highest BCUT2D eigenvalue weighted by Gasteiger charge is 2.28. The molecule has 0 aromatic heterocycles. The molecule has 0 radical (unpaired) electrons. The van der Waals surface area contributed by atoms with Crippen LogP contribution in [-0.4, -0.2) is 35.1 Å². The van der Waals surface area contributed by atoms with Crippen molar-refractivity contribution in [3.8, 4) is 11.8 Å². The molecule has 0 saturated carbocycles. The topological polar surface area (TPSA) is 40.5 Å². The Hall–Kier alpha value is -1.79. The van der Waals surface area contributed by atoms with E-state index < -0.39 is 0 Å². The van der Waals surface area contributed by atoms with Crippen LogP contribution in [0.5, 0.6) is 0 Å². The molecule has 1 aliphatic rings. The zero-order valence-electron chi connectivity index (χ0n) is 12.1. The lowest BCUT2D eigenvalue weighted by Crippen LogP contribution is -2.45. The Morgan fingerprint density at radius 2 is 2.10 bits per heavy atom. The van der Waals surface area contributed by atoms with Crippen molar-refractivity contribution in [2.75, 3.05) is 13.2 Å². The first-order chi connectivity index (χ1) is 9.63. The van der Waals surface area contributed by atoms with Crippen molar-refractivity contribution in [2.24, 2.45) is 5.92 Å². The summed E-state index contributed by atoms with van der Waals surface area (Å²) in [6, 6.07) is 7.64. The monoisotopic (exact) mass is 271 g/mol. The molecule has 0 bridgehead atoms. The number of aliphatic hydroxyl groups is 1. The van der Waals surface area contributed by atoms with E-state index in [0.29, 0.717) is 17.0 Å². The Kier molecular flexibility index (Phi) is 4.81. The van der Waals surface area contributed by atoms with Gasteiger partial charge in [-0.05, 0) is 37.8 Å². The molecule has 3 heteroatoms. The fraction of sp³-hybridized carbons (Fsp3) is 0.471. The lowest BCUT2D eigenvalue weighted by molar-refractivity contribution is 0.0574. The van der Waals surface area contributed by atoms with Gasteiger partial charge in [-0.15, -0.1) is 0 Å². The first-order valence-electron chi connectivity index (χ1n) is 7.13. The van der Waals surface area contributed by atoms with Gasteiger partial charge in [-0.3, -0.25) is 4.79 Å². The first-order valence-corrected chi connectivity index (χ1v) is 7.13. The largest absolute Gasteiger partial charge is 0.384 e. The Morgan fingerprint density at radius 1 is 1.35 bits per heavy atom. The van der Waals surface area contributed by atoms with Crippen LogP contribution < -0.4 is 0 Å². The van der Waals surface area contributed by atoms with Gasteiger partial charge < -0.3 is 10.0 Å². The van der Waals surface area contributed by atoms with Crippen LogP contribution in [0.25, 0.3) is 0 Å². The van der Waals surface area contributed by atoms with E-state index in [9.17, 15) is 4.79 Å². The predicted molar refractivity (Wildman–Crippen MR) is 79.3 cm³/mol. The molecule has 2 rings (SSSR count). The number of rotatable bonds is 1. The fourth-order valence-corrected chi connectivity index (χ4v) is 2.64. The molecule has 1 amide bonds. The highest BCUT2D eigenvalue weighted by atomic mass is 16.2. The molecule has 1 fully saturated rings. The first kappa shape index (κ1) is 14.6. The summed E-state index contributed by atoms with van der Waals surface area (Å²) in [4.78, 5) is 14.7. The highest BCUT2D eigenvalue weighted by molar-refractivity contribution is 5.97. The van der Waals surface area contributed by atoms with Gasteiger partial charge in [0.05, 0.1) is 5.56 Å². The SMILES string of the molecule is CC1CCC(C)N(C(=O)c2ccccc2C#CCO)C1. The van der Waals surface area contributed by atoms with Crippen molar-refractivity contribution >= 4 is 5.91 Å². The zero-order chi connectivity index (χ0) is 14.5. The van der Waals surface area contributed by atoms with Crippen LogP contribution in [0.3, 0.4) is 0 Å². The third-order valence-corrected chi connectivity index (χ3v) is 3.84. The van der Waals surface area contributed by atoms with E-state index in [4.69, 9.17) is 5.11 Å². The number of likely N-dealkylation sites (tertiary alicyclic amines) is 1.